The summed E-state index contributed by atoms with van der Waals surface area (Å²) in [5.41, 5.74) is 11.7. The second kappa shape index (κ2) is 7.09. The lowest BCUT2D eigenvalue weighted by molar-refractivity contribution is -0.473. The molecule has 15 heavy (non-hydrogen) atoms. The zero-order valence-electron chi connectivity index (χ0n) is 8.61. The van der Waals surface area contributed by atoms with Crippen molar-refractivity contribution in [1.82, 2.24) is 0 Å². The summed E-state index contributed by atoms with van der Waals surface area (Å²) < 4.78 is 5.30. The molecular weight excluding hydrogens is 214 g/mol. The zero-order valence-corrected chi connectivity index (χ0v) is 9.37. The molecule has 1 unspecified atom stereocenters. The van der Waals surface area contributed by atoms with Gasteiger partial charge in [-0.2, -0.15) is 0 Å². The van der Waals surface area contributed by atoms with Gasteiger partial charge in [0.1, 0.15) is 6.10 Å². The van der Waals surface area contributed by atoms with Gasteiger partial charge in [-0.1, -0.05) is 30.3 Å². The van der Waals surface area contributed by atoms with Gasteiger partial charge in [-0.05, 0) is 5.56 Å². The number of hydrogen-bond donors (Lipinski definition) is 3. The van der Waals surface area contributed by atoms with Crippen molar-refractivity contribution >= 4 is 5.96 Å². The van der Waals surface area contributed by atoms with Crippen molar-refractivity contribution in [3.05, 3.63) is 35.9 Å². The molecule has 0 spiro atoms. The van der Waals surface area contributed by atoms with Gasteiger partial charge in [0.25, 0.3) is 0 Å². The molecule has 0 saturated carbocycles. The van der Waals surface area contributed by atoms with Crippen LogP contribution in [-0.2, 0) is 4.74 Å². The third-order valence-corrected chi connectivity index (χ3v) is 1.95. The van der Waals surface area contributed by atoms with Gasteiger partial charge in [-0.3, -0.25) is 16.5 Å². The number of ether oxygens (including phenoxy) is 1. The summed E-state index contributed by atoms with van der Waals surface area (Å²) in [6.45, 7) is 0.572. The maximum Gasteiger partial charge on any atom is 0.338 e. The summed E-state index contributed by atoms with van der Waals surface area (Å²) >= 11 is 0. The minimum atomic E-state index is -0.0294. The molecule has 5 N–H and O–H groups in total. The van der Waals surface area contributed by atoms with Crippen LogP contribution < -0.4 is 28.9 Å². The first-order valence-electron chi connectivity index (χ1n) is 4.43. The van der Waals surface area contributed by atoms with E-state index in [1.165, 1.54) is 0 Å². The van der Waals surface area contributed by atoms with Crippen LogP contribution in [0, 0.1) is 0 Å². The SMILES string of the molecule is COC(C[NH+]=C(N)N)c1ccccc1.[Cl-]. The van der Waals surface area contributed by atoms with E-state index in [4.69, 9.17) is 16.2 Å². The molecule has 0 bridgehead atoms. The Kier molecular flexibility index (Phi) is 6.49. The predicted molar refractivity (Wildman–Crippen MR) is 55.4 cm³/mol. The normalized spacial score (nSPS) is 11.3. The molecule has 0 aliphatic rings. The molecule has 0 fully saturated rings. The largest absolute Gasteiger partial charge is 1.00 e. The van der Waals surface area contributed by atoms with E-state index in [9.17, 15) is 0 Å². The predicted octanol–water partition coefficient (Wildman–Crippen LogP) is -4.27. The van der Waals surface area contributed by atoms with Crippen molar-refractivity contribution < 1.29 is 22.1 Å². The van der Waals surface area contributed by atoms with E-state index < -0.39 is 0 Å². The van der Waals surface area contributed by atoms with E-state index in [1.807, 2.05) is 30.3 Å². The van der Waals surface area contributed by atoms with Crippen LogP contribution in [0.3, 0.4) is 0 Å². The third-order valence-electron chi connectivity index (χ3n) is 1.95. The Bertz CT molecular complexity index is 299. The number of guanidine groups is 1. The van der Waals surface area contributed by atoms with E-state index in [2.05, 4.69) is 4.99 Å². The minimum Gasteiger partial charge on any atom is -1.00 e. The van der Waals surface area contributed by atoms with Gasteiger partial charge in [0.2, 0.25) is 0 Å². The topological polar surface area (TPSA) is 75.2 Å². The molecule has 5 heteroatoms. The Hall–Kier alpha value is -1.26. The van der Waals surface area contributed by atoms with Gasteiger partial charge in [0.15, 0.2) is 0 Å². The monoisotopic (exact) mass is 229 g/mol. The standard InChI is InChI=1S/C10H15N3O.ClH/c1-14-9(7-13-10(11)12)8-5-3-2-4-6-8;/h2-6,9H,7H2,1H3,(H4,11,12,13);1H. The van der Waals surface area contributed by atoms with Crippen LogP contribution in [0.2, 0.25) is 0 Å². The summed E-state index contributed by atoms with van der Waals surface area (Å²) in [7, 11) is 1.66. The quantitative estimate of drug-likeness (QED) is 0.362. The summed E-state index contributed by atoms with van der Waals surface area (Å²) in [4.78, 5) is 2.84. The maximum atomic E-state index is 5.30. The molecule has 0 radical (unpaired) electrons. The van der Waals surface area contributed by atoms with Crippen LogP contribution in [0.1, 0.15) is 11.7 Å². The molecular formula is C10H16ClN3O. The van der Waals surface area contributed by atoms with E-state index in [0.717, 1.165) is 5.56 Å². The highest BCUT2D eigenvalue weighted by atomic mass is 35.5. The lowest BCUT2D eigenvalue weighted by Gasteiger charge is -2.12. The fourth-order valence-corrected chi connectivity index (χ4v) is 1.22. The molecule has 0 saturated heterocycles. The molecule has 1 aromatic carbocycles. The summed E-state index contributed by atoms with van der Waals surface area (Å²) in [5, 5.41) is 0. The highest BCUT2D eigenvalue weighted by Crippen LogP contribution is 2.12. The number of benzene rings is 1. The summed E-state index contributed by atoms with van der Waals surface area (Å²) in [6, 6.07) is 9.91. The second-order valence-corrected chi connectivity index (χ2v) is 2.97. The summed E-state index contributed by atoms with van der Waals surface area (Å²) in [5.74, 6) is 0.211. The Morgan fingerprint density at radius 3 is 2.40 bits per heavy atom. The first-order valence-corrected chi connectivity index (χ1v) is 4.43. The number of nitrogens with two attached hydrogens (primary N) is 2. The number of halogens is 1. The van der Waals surface area contributed by atoms with Crippen molar-refractivity contribution in [1.29, 1.82) is 0 Å². The van der Waals surface area contributed by atoms with Gasteiger partial charge in [0.05, 0.1) is 6.54 Å². The van der Waals surface area contributed by atoms with E-state index >= 15 is 0 Å². The Labute approximate surface area is 95.7 Å². The molecule has 1 aromatic rings. The summed E-state index contributed by atoms with van der Waals surface area (Å²) in [6.07, 6.45) is -0.0294. The Morgan fingerprint density at radius 2 is 1.93 bits per heavy atom. The van der Waals surface area contributed by atoms with Gasteiger partial charge in [-0.25, -0.2) is 0 Å². The third kappa shape index (κ3) is 4.67. The highest BCUT2D eigenvalue weighted by Gasteiger charge is 2.09. The van der Waals surface area contributed by atoms with Crippen molar-refractivity contribution in [3.63, 3.8) is 0 Å². The first-order chi connectivity index (χ1) is 6.74. The van der Waals surface area contributed by atoms with Gasteiger partial charge in [-0.15, -0.1) is 0 Å². The van der Waals surface area contributed by atoms with Crippen molar-refractivity contribution in [3.8, 4) is 0 Å². The Balaban J connectivity index is 0.00000196. The van der Waals surface area contributed by atoms with Gasteiger partial charge < -0.3 is 17.1 Å². The fourth-order valence-electron chi connectivity index (χ4n) is 1.22. The first kappa shape index (κ1) is 13.7. The van der Waals surface area contributed by atoms with Gasteiger partial charge in [0, 0.05) is 7.11 Å². The van der Waals surface area contributed by atoms with Crippen LogP contribution >= 0.6 is 0 Å². The van der Waals surface area contributed by atoms with Crippen LogP contribution in [0.4, 0.5) is 0 Å². The number of hydrogen-bond acceptors (Lipinski definition) is 1. The van der Waals surface area contributed by atoms with E-state index in [0.29, 0.717) is 6.54 Å². The lowest BCUT2D eigenvalue weighted by Crippen LogP contribution is -3.00. The maximum absolute atomic E-state index is 5.30. The number of nitrogens with one attached hydrogen (secondary N) is 1. The lowest BCUT2D eigenvalue weighted by atomic mass is 10.1. The molecule has 1 rings (SSSR count). The van der Waals surface area contributed by atoms with E-state index in [1.54, 1.807) is 7.11 Å². The zero-order chi connectivity index (χ0) is 10.4. The van der Waals surface area contributed by atoms with E-state index in [-0.39, 0.29) is 24.5 Å². The molecule has 0 aliphatic carbocycles. The smallest absolute Gasteiger partial charge is 0.338 e. The minimum absolute atomic E-state index is 0. The van der Waals surface area contributed by atoms with Gasteiger partial charge >= 0.3 is 5.96 Å². The molecule has 4 nitrogen and oxygen atoms in total. The highest BCUT2D eigenvalue weighted by molar-refractivity contribution is 5.69. The van der Waals surface area contributed by atoms with Crippen molar-refractivity contribution in [2.45, 2.75) is 6.10 Å². The Morgan fingerprint density at radius 1 is 1.33 bits per heavy atom. The van der Waals surface area contributed by atoms with Crippen LogP contribution in [0.15, 0.2) is 30.3 Å². The number of methoxy groups -OCH3 is 1. The van der Waals surface area contributed by atoms with Crippen LogP contribution in [0.25, 0.3) is 0 Å². The number of rotatable bonds is 4. The van der Waals surface area contributed by atoms with Crippen LogP contribution in [0.5, 0.6) is 0 Å². The van der Waals surface area contributed by atoms with Crippen molar-refractivity contribution in [2.75, 3.05) is 13.7 Å². The van der Waals surface area contributed by atoms with Crippen molar-refractivity contribution in [2.24, 2.45) is 11.5 Å². The molecule has 0 heterocycles. The molecule has 84 valence electrons. The average molecular weight is 230 g/mol. The fraction of sp³-hybridized carbons (Fsp3) is 0.300. The van der Waals surface area contributed by atoms with Crippen LogP contribution in [-0.4, -0.2) is 19.6 Å². The molecule has 1 atom stereocenters. The molecule has 0 aromatic heterocycles. The second-order valence-electron chi connectivity index (χ2n) is 2.97. The molecule has 0 amide bonds. The average Bonchev–Trinajstić information content (AvgIpc) is 2.20. The molecule has 0 aliphatic heterocycles.